The van der Waals surface area contributed by atoms with Gasteiger partial charge in [-0.3, -0.25) is 4.79 Å². The van der Waals surface area contributed by atoms with Crippen LogP contribution in [0.25, 0.3) is 0 Å². The molecule has 1 aromatic carbocycles. The molecular weight excluding hydrogens is 252 g/mol. The summed E-state index contributed by atoms with van der Waals surface area (Å²) in [4.78, 5) is 14.0. The quantitative estimate of drug-likeness (QED) is 0.916. The summed E-state index contributed by atoms with van der Waals surface area (Å²) >= 11 is 0. The first kappa shape index (κ1) is 14.9. The van der Waals surface area contributed by atoms with Crippen LogP contribution < -0.4 is 10.5 Å². The Morgan fingerprint density at radius 2 is 2.25 bits per heavy atom. The van der Waals surface area contributed by atoms with Crippen molar-refractivity contribution in [2.24, 2.45) is 5.73 Å². The van der Waals surface area contributed by atoms with Crippen molar-refractivity contribution in [3.8, 4) is 5.75 Å². The van der Waals surface area contributed by atoms with E-state index in [0.29, 0.717) is 18.9 Å². The number of carbonyl (C=O) groups is 1. The van der Waals surface area contributed by atoms with Gasteiger partial charge in [0.15, 0.2) is 0 Å². The highest BCUT2D eigenvalue weighted by Crippen LogP contribution is 2.29. The Hall–Kier alpha value is -1.55. The van der Waals surface area contributed by atoms with Crippen LogP contribution in [0.2, 0.25) is 0 Å². The van der Waals surface area contributed by atoms with Gasteiger partial charge >= 0.3 is 0 Å². The Morgan fingerprint density at radius 1 is 1.45 bits per heavy atom. The van der Waals surface area contributed by atoms with Gasteiger partial charge in [-0.15, -0.1) is 0 Å². The molecule has 0 saturated carbocycles. The fraction of sp³-hybridized carbons (Fsp3) is 0.562. The monoisotopic (exact) mass is 276 g/mol. The minimum absolute atomic E-state index is 0.0563. The topological polar surface area (TPSA) is 55.6 Å². The molecule has 4 nitrogen and oxygen atoms in total. The van der Waals surface area contributed by atoms with E-state index in [2.05, 4.69) is 6.07 Å². The maximum absolute atomic E-state index is 12.1. The number of rotatable bonds is 4. The lowest BCUT2D eigenvalue weighted by atomic mass is 9.88. The van der Waals surface area contributed by atoms with E-state index < -0.39 is 0 Å². The SMILES string of the molecule is CCCC(=O)N1CC(N)CC(c2cccc(OC)c2)C1. The van der Waals surface area contributed by atoms with Crippen molar-refractivity contribution in [3.05, 3.63) is 29.8 Å². The molecule has 1 saturated heterocycles. The van der Waals surface area contributed by atoms with E-state index >= 15 is 0 Å². The number of hydrogen-bond donors (Lipinski definition) is 1. The molecule has 1 aromatic rings. The van der Waals surface area contributed by atoms with Gasteiger partial charge in [0.05, 0.1) is 7.11 Å². The van der Waals surface area contributed by atoms with Crippen LogP contribution in [0.1, 0.15) is 37.7 Å². The molecule has 1 heterocycles. The lowest BCUT2D eigenvalue weighted by Crippen LogP contribution is -2.48. The highest BCUT2D eigenvalue weighted by atomic mass is 16.5. The van der Waals surface area contributed by atoms with Crippen molar-refractivity contribution < 1.29 is 9.53 Å². The molecule has 1 aliphatic heterocycles. The number of nitrogens with zero attached hydrogens (tertiary/aromatic N) is 1. The number of nitrogens with two attached hydrogens (primary N) is 1. The average Bonchev–Trinajstić information content (AvgIpc) is 2.47. The van der Waals surface area contributed by atoms with Crippen molar-refractivity contribution in [2.75, 3.05) is 20.2 Å². The maximum Gasteiger partial charge on any atom is 0.222 e. The van der Waals surface area contributed by atoms with Gasteiger partial charge in [0, 0.05) is 31.5 Å². The van der Waals surface area contributed by atoms with E-state index in [9.17, 15) is 4.79 Å². The predicted molar refractivity (Wildman–Crippen MR) is 79.8 cm³/mol. The van der Waals surface area contributed by atoms with Crippen molar-refractivity contribution in [1.82, 2.24) is 4.90 Å². The molecule has 110 valence electrons. The van der Waals surface area contributed by atoms with Crippen LogP contribution in [-0.2, 0) is 4.79 Å². The lowest BCUT2D eigenvalue weighted by Gasteiger charge is -2.36. The Morgan fingerprint density at radius 3 is 2.95 bits per heavy atom. The lowest BCUT2D eigenvalue weighted by molar-refractivity contribution is -0.132. The van der Waals surface area contributed by atoms with Gasteiger partial charge in [-0.1, -0.05) is 19.1 Å². The second-order valence-electron chi connectivity index (χ2n) is 5.52. The standard InChI is InChI=1S/C16H24N2O2/c1-3-5-16(19)18-10-13(8-14(17)11-18)12-6-4-7-15(9-12)20-2/h4,6-7,9,13-14H,3,5,8,10-11,17H2,1-2H3. The van der Waals surface area contributed by atoms with Gasteiger partial charge in [-0.25, -0.2) is 0 Å². The number of piperidine rings is 1. The molecule has 0 aliphatic carbocycles. The van der Waals surface area contributed by atoms with Crippen LogP contribution in [0.3, 0.4) is 0 Å². The van der Waals surface area contributed by atoms with Gasteiger partial charge in [-0.05, 0) is 30.5 Å². The number of carbonyl (C=O) groups excluding carboxylic acids is 1. The van der Waals surface area contributed by atoms with Gasteiger partial charge in [-0.2, -0.15) is 0 Å². The van der Waals surface area contributed by atoms with Crippen LogP contribution in [-0.4, -0.2) is 37.0 Å². The van der Waals surface area contributed by atoms with Crippen LogP contribution in [0.5, 0.6) is 5.75 Å². The Balaban J connectivity index is 2.12. The fourth-order valence-corrected chi connectivity index (χ4v) is 2.85. The largest absolute Gasteiger partial charge is 0.497 e. The molecule has 2 atom stereocenters. The highest BCUT2D eigenvalue weighted by molar-refractivity contribution is 5.76. The van der Waals surface area contributed by atoms with E-state index in [0.717, 1.165) is 25.1 Å². The number of hydrogen-bond acceptors (Lipinski definition) is 3. The molecule has 4 heteroatoms. The van der Waals surface area contributed by atoms with E-state index in [1.165, 1.54) is 5.56 Å². The summed E-state index contributed by atoms with van der Waals surface area (Å²) in [5, 5.41) is 0. The third-order valence-corrected chi connectivity index (χ3v) is 3.86. The van der Waals surface area contributed by atoms with E-state index in [-0.39, 0.29) is 11.9 Å². The molecule has 0 spiro atoms. The summed E-state index contributed by atoms with van der Waals surface area (Å²) in [6.07, 6.45) is 2.41. The van der Waals surface area contributed by atoms with Crippen molar-refractivity contribution >= 4 is 5.91 Å². The minimum Gasteiger partial charge on any atom is -0.497 e. The number of amides is 1. The van der Waals surface area contributed by atoms with Crippen LogP contribution in [0.15, 0.2) is 24.3 Å². The van der Waals surface area contributed by atoms with Crippen molar-refractivity contribution in [1.29, 1.82) is 0 Å². The van der Waals surface area contributed by atoms with Gasteiger partial charge in [0.25, 0.3) is 0 Å². The molecule has 20 heavy (non-hydrogen) atoms. The molecule has 2 N–H and O–H groups in total. The number of likely N-dealkylation sites (tertiary alicyclic amines) is 1. The van der Waals surface area contributed by atoms with E-state index in [1.54, 1.807) is 7.11 Å². The van der Waals surface area contributed by atoms with E-state index in [4.69, 9.17) is 10.5 Å². The highest BCUT2D eigenvalue weighted by Gasteiger charge is 2.28. The first-order valence-electron chi connectivity index (χ1n) is 7.31. The minimum atomic E-state index is 0.0563. The fourth-order valence-electron chi connectivity index (χ4n) is 2.85. The van der Waals surface area contributed by atoms with Gasteiger partial charge < -0.3 is 15.4 Å². The molecule has 2 rings (SSSR count). The molecule has 0 bridgehead atoms. The summed E-state index contributed by atoms with van der Waals surface area (Å²) in [7, 11) is 1.67. The van der Waals surface area contributed by atoms with E-state index in [1.807, 2.05) is 30.0 Å². The predicted octanol–water partition coefficient (Wildman–Crippen LogP) is 2.14. The van der Waals surface area contributed by atoms with Crippen LogP contribution >= 0.6 is 0 Å². The summed E-state index contributed by atoms with van der Waals surface area (Å²) < 4.78 is 5.27. The summed E-state index contributed by atoms with van der Waals surface area (Å²) in [6, 6.07) is 8.12. The Kier molecular flexibility index (Phi) is 5.01. The zero-order valence-corrected chi connectivity index (χ0v) is 12.3. The molecule has 0 radical (unpaired) electrons. The molecule has 1 amide bonds. The molecular formula is C16H24N2O2. The third kappa shape index (κ3) is 3.51. The summed E-state index contributed by atoms with van der Waals surface area (Å²) in [6.45, 7) is 3.47. The van der Waals surface area contributed by atoms with Gasteiger partial charge in [0.1, 0.15) is 5.75 Å². The third-order valence-electron chi connectivity index (χ3n) is 3.86. The first-order chi connectivity index (χ1) is 9.63. The van der Waals surface area contributed by atoms with Gasteiger partial charge in [0.2, 0.25) is 5.91 Å². The molecule has 0 aromatic heterocycles. The summed E-state index contributed by atoms with van der Waals surface area (Å²) in [5.74, 6) is 1.37. The number of ether oxygens (including phenoxy) is 1. The first-order valence-corrected chi connectivity index (χ1v) is 7.31. The molecule has 1 fully saturated rings. The normalized spacial score (nSPS) is 22.6. The second kappa shape index (κ2) is 6.75. The summed E-state index contributed by atoms with van der Waals surface area (Å²) in [5.41, 5.74) is 7.33. The second-order valence-corrected chi connectivity index (χ2v) is 5.52. The Labute approximate surface area is 120 Å². The zero-order valence-electron chi connectivity index (χ0n) is 12.3. The average molecular weight is 276 g/mol. The van der Waals surface area contributed by atoms with Crippen molar-refractivity contribution in [2.45, 2.75) is 38.1 Å². The van der Waals surface area contributed by atoms with Crippen LogP contribution in [0.4, 0.5) is 0 Å². The molecule has 2 unspecified atom stereocenters. The number of benzene rings is 1. The number of methoxy groups -OCH3 is 1. The molecule has 1 aliphatic rings. The van der Waals surface area contributed by atoms with Crippen molar-refractivity contribution in [3.63, 3.8) is 0 Å². The maximum atomic E-state index is 12.1. The van der Waals surface area contributed by atoms with Crippen LogP contribution in [0, 0.1) is 0 Å². The Bertz CT molecular complexity index is 462. The zero-order chi connectivity index (χ0) is 14.5. The smallest absolute Gasteiger partial charge is 0.222 e.